The molecule has 8 nitrogen and oxygen atoms in total. The van der Waals surface area contributed by atoms with Crippen molar-refractivity contribution in [3.63, 3.8) is 0 Å². The van der Waals surface area contributed by atoms with Crippen LogP contribution in [0.1, 0.15) is 26.7 Å². The molecule has 3 rings (SSSR count). The number of rotatable bonds is 5. The van der Waals surface area contributed by atoms with Crippen molar-refractivity contribution in [2.45, 2.75) is 49.7 Å². The van der Waals surface area contributed by atoms with Gasteiger partial charge in [-0.25, -0.2) is 8.42 Å². The van der Waals surface area contributed by atoms with E-state index in [2.05, 4.69) is 4.98 Å². The minimum absolute atomic E-state index is 0.0507. The van der Waals surface area contributed by atoms with Gasteiger partial charge in [0.05, 0.1) is 18.6 Å². The first-order valence-corrected chi connectivity index (χ1v) is 10.2. The minimum Gasteiger partial charge on any atom is -0.330 e. The molecule has 2 aliphatic rings. The third-order valence-electron chi connectivity index (χ3n) is 4.94. The number of sulfonamides is 1. The molecule has 142 valence electrons. The summed E-state index contributed by atoms with van der Waals surface area (Å²) in [6.07, 6.45) is 3.71. The third-order valence-corrected chi connectivity index (χ3v) is 6.80. The predicted molar refractivity (Wildman–Crippen MR) is 94.5 cm³/mol. The lowest BCUT2D eigenvalue weighted by Crippen LogP contribution is -2.50. The maximum absolute atomic E-state index is 12.9. The fourth-order valence-electron chi connectivity index (χ4n) is 3.80. The predicted octanol–water partition coefficient (Wildman–Crippen LogP) is -0.00210. The Balaban J connectivity index is 1.83. The van der Waals surface area contributed by atoms with Gasteiger partial charge in [-0.05, 0) is 30.9 Å². The molecule has 3 unspecified atom stereocenters. The number of hydrogen-bond donors (Lipinski definition) is 1. The Morgan fingerprint density at radius 3 is 2.77 bits per heavy atom. The molecular formula is C17H24N4O4S. The maximum Gasteiger partial charge on any atom is 0.245 e. The second-order valence-electron chi connectivity index (χ2n) is 7.27. The first kappa shape index (κ1) is 18.9. The fourth-order valence-corrected chi connectivity index (χ4v) is 5.39. The Morgan fingerprint density at radius 2 is 2.15 bits per heavy atom. The van der Waals surface area contributed by atoms with Crippen molar-refractivity contribution in [1.82, 2.24) is 14.2 Å². The highest BCUT2D eigenvalue weighted by molar-refractivity contribution is 7.89. The molecule has 3 heterocycles. The van der Waals surface area contributed by atoms with Gasteiger partial charge >= 0.3 is 0 Å². The summed E-state index contributed by atoms with van der Waals surface area (Å²) in [5.41, 5.74) is 6.00. The van der Waals surface area contributed by atoms with E-state index in [0.717, 1.165) is 0 Å². The largest absolute Gasteiger partial charge is 0.330 e. The minimum atomic E-state index is -3.83. The van der Waals surface area contributed by atoms with Gasteiger partial charge in [0.15, 0.2) is 5.78 Å². The maximum atomic E-state index is 12.9. The Bertz CT molecular complexity index is 796. The molecule has 0 spiro atoms. The van der Waals surface area contributed by atoms with E-state index >= 15 is 0 Å². The summed E-state index contributed by atoms with van der Waals surface area (Å²) in [5.74, 6) is -0.278. The van der Waals surface area contributed by atoms with Gasteiger partial charge in [0.2, 0.25) is 15.9 Å². The number of amides is 1. The molecule has 26 heavy (non-hydrogen) atoms. The zero-order valence-electron chi connectivity index (χ0n) is 14.9. The standard InChI is InChI=1S/C17H24N4O4S/c1-11(2)8-13(18)17(23)20-7-5-14-16(20)15(22)10-21(14)26(24,25)12-4-3-6-19-9-12/h3-4,6,9,11,13-14,16H,5,7-8,10,18H2,1-2H3. The van der Waals surface area contributed by atoms with Crippen LogP contribution in [0.25, 0.3) is 0 Å². The van der Waals surface area contributed by atoms with Gasteiger partial charge in [-0.2, -0.15) is 4.31 Å². The third kappa shape index (κ3) is 3.26. The van der Waals surface area contributed by atoms with Gasteiger partial charge < -0.3 is 10.6 Å². The van der Waals surface area contributed by atoms with Gasteiger partial charge in [0, 0.05) is 18.9 Å². The number of nitrogens with zero attached hydrogens (tertiary/aromatic N) is 3. The van der Waals surface area contributed by atoms with Crippen LogP contribution >= 0.6 is 0 Å². The molecule has 0 bridgehead atoms. The van der Waals surface area contributed by atoms with Crippen LogP contribution in [0.3, 0.4) is 0 Å². The molecular weight excluding hydrogens is 356 g/mol. The number of fused-ring (bicyclic) bond motifs is 1. The van der Waals surface area contributed by atoms with Crippen molar-refractivity contribution >= 4 is 21.7 Å². The van der Waals surface area contributed by atoms with Gasteiger partial charge in [-0.3, -0.25) is 14.6 Å². The fraction of sp³-hybridized carbons (Fsp3) is 0.588. The number of carbonyl (C=O) groups excluding carboxylic acids is 2. The average molecular weight is 380 g/mol. The van der Waals surface area contributed by atoms with Gasteiger partial charge in [-0.15, -0.1) is 0 Å². The monoisotopic (exact) mass is 380 g/mol. The van der Waals surface area contributed by atoms with Crippen molar-refractivity contribution in [1.29, 1.82) is 0 Å². The molecule has 2 aliphatic heterocycles. The van der Waals surface area contributed by atoms with Crippen LogP contribution in [-0.4, -0.2) is 65.5 Å². The number of aromatic nitrogens is 1. The van der Waals surface area contributed by atoms with E-state index < -0.39 is 28.1 Å². The second kappa shape index (κ2) is 7.05. The Hall–Kier alpha value is -1.84. The smallest absolute Gasteiger partial charge is 0.245 e. The lowest BCUT2D eigenvalue weighted by atomic mass is 10.0. The van der Waals surface area contributed by atoms with Crippen molar-refractivity contribution in [2.75, 3.05) is 13.1 Å². The summed E-state index contributed by atoms with van der Waals surface area (Å²) in [7, 11) is -3.83. The van der Waals surface area contributed by atoms with Gasteiger partial charge in [0.1, 0.15) is 10.9 Å². The van der Waals surface area contributed by atoms with Crippen LogP contribution in [0.15, 0.2) is 29.4 Å². The number of Topliss-reactive ketones (excluding diaryl/α,β-unsaturated/α-hetero) is 1. The van der Waals surface area contributed by atoms with Gasteiger partial charge in [0.25, 0.3) is 0 Å². The summed E-state index contributed by atoms with van der Waals surface area (Å²) in [4.78, 5) is 30.6. The Morgan fingerprint density at radius 1 is 1.42 bits per heavy atom. The molecule has 1 amide bonds. The van der Waals surface area contributed by atoms with E-state index in [0.29, 0.717) is 19.4 Å². The average Bonchev–Trinajstić information content (AvgIpc) is 3.16. The van der Waals surface area contributed by atoms with Crippen LogP contribution in [0, 0.1) is 5.92 Å². The van der Waals surface area contributed by atoms with Crippen molar-refractivity contribution in [3.8, 4) is 0 Å². The van der Waals surface area contributed by atoms with E-state index in [1.165, 1.54) is 33.7 Å². The highest BCUT2D eigenvalue weighted by atomic mass is 32.2. The molecule has 1 aromatic heterocycles. The molecule has 2 N–H and O–H groups in total. The van der Waals surface area contributed by atoms with E-state index in [1.807, 2.05) is 13.8 Å². The first-order valence-electron chi connectivity index (χ1n) is 8.74. The van der Waals surface area contributed by atoms with Crippen LogP contribution in [-0.2, 0) is 19.6 Å². The quantitative estimate of drug-likeness (QED) is 0.769. The summed E-state index contributed by atoms with van der Waals surface area (Å²) < 4.78 is 27.0. The summed E-state index contributed by atoms with van der Waals surface area (Å²) >= 11 is 0. The number of pyridine rings is 1. The van der Waals surface area contributed by atoms with Crippen molar-refractivity contribution < 1.29 is 18.0 Å². The Labute approximate surface area is 153 Å². The topological polar surface area (TPSA) is 114 Å². The zero-order chi connectivity index (χ0) is 19.1. The molecule has 2 fully saturated rings. The highest BCUT2D eigenvalue weighted by Crippen LogP contribution is 2.34. The summed E-state index contributed by atoms with van der Waals surface area (Å²) in [6.45, 7) is 4.06. The molecule has 0 saturated carbocycles. The molecule has 0 aliphatic carbocycles. The van der Waals surface area contributed by atoms with E-state index in [-0.39, 0.29) is 29.0 Å². The molecule has 1 aromatic rings. The Kier molecular flexibility index (Phi) is 5.14. The lowest BCUT2D eigenvalue weighted by Gasteiger charge is -2.26. The van der Waals surface area contributed by atoms with E-state index in [9.17, 15) is 18.0 Å². The number of hydrogen-bond acceptors (Lipinski definition) is 6. The normalized spacial score (nSPS) is 24.9. The van der Waals surface area contributed by atoms with Crippen molar-refractivity contribution in [2.24, 2.45) is 11.7 Å². The molecule has 0 radical (unpaired) electrons. The van der Waals surface area contributed by atoms with Crippen molar-refractivity contribution in [3.05, 3.63) is 24.5 Å². The molecule has 9 heteroatoms. The highest BCUT2D eigenvalue weighted by Gasteiger charge is 2.54. The number of likely N-dealkylation sites (tertiary alicyclic amines) is 1. The van der Waals surface area contributed by atoms with Crippen LogP contribution in [0.2, 0.25) is 0 Å². The van der Waals surface area contributed by atoms with Crippen LogP contribution in [0.4, 0.5) is 0 Å². The number of carbonyl (C=O) groups is 2. The number of nitrogens with two attached hydrogens (primary N) is 1. The summed E-state index contributed by atoms with van der Waals surface area (Å²) in [6, 6.07) is 1.04. The zero-order valence-corrected chi connectivity index (χ0v) is 15.7. The molecule has 2 saturated heterocycles. The summed E-state index contributed by atoms with van der Waals surface area (Å²) in [5, 5.41) is 0. The first-order chi connectivity index (χ1) is 12.2. The lowest BCUT2D eigenvalue weighted by molar-refractivity contribution is -0.137. The second-order valence-corrected chi connectivity index (χ2v) is 9.16. The molecule has 3 atom stereocenters. The number of ketones is 1. The van der Waals surface area contributed by atoms with Crippen LogP contribution in [0.5, 0.6) is 0 Å². The SMILES string of the molecule is CC(C)CC(N)C(=O)N1CCC2C1C(=O)CN2S(=O)(=O)c1cccnc1. The molecule has 0 aromatic carbocycles. The van der Waals surface area contributed by atoms with E-state index in [4.69, 9.17) is 5.73 Å². The van der Waals surface area contributed by atoms with Crippen LogP contribution < -0.4 is 5.73 Å². The van der Waals surface area contributed by atoms with Gasteiger partial charge in [-0.1, -0.05) is 13.8 Å². The van der Waals surface area contributed by atoms with E-state index in [1.54, 1.807) is 0 Å².